The Morgan fingerprint density at radius 2 is 1.90 bits per heavy atom. The summed E-state index contributed by atoms with van der Waals surface area (Å²) in [4.78, 5) is 13.1. The van der Waals surface area contributed by atoms with Crippen LogP contribution in [-0.2, 0) is 14.8 Å². The van der Waals surface area contributed by atoms with Crippen LogP contribution < -0.4 is 0 Å². The van der Waals surface area contributed by atoms with Crippen LogP contribution in [-0.4, -0.2) is 55.6 Å². The van der Waals surface area contributed by atoms with Crippen LogP contribution in [0.25, 0.3) is 0 Å². The Morgan fingerprint density at radius 1 is 1.29 bits per heavy atom. The Morgan fingerprint density at radius 3 is 2.43 bits per heavy atom. The lowest BCUT2D eigenvalue weighted by molar-refractivity contribution is -0.129. The lowest BCUT2D eigenvalue weighted by Crippen LogP contribution is -2.50. The molecule has 1 fully saturated rings. The van der Waals surface area contributed by atoms with Crippen molar-refractivity contribution >= 4 is 27.5 Å². The Kier molecular flexibility index (Phi) is 4.85. The SMILES string of the molecule is Cc1cc(F)ccc1S(=O)(=O)N1CCN(C(=O)CCl)CC1. The number of nitrogens with zero attached hydrogens (tertiary/aromatic N) is 2. The van der Waals surface area contributed by atoms with Gasteiger partial charge >= 0.3 is 0 Å². The van der Waals surface area contributed by atoms with E-state index in [0.717, 1.165) is 6.07 Å². The van der Waals surface area contributed by atoms with Crippen molar-refractivity contribution in [2.45, 2.75) is 11.8 Å². The van der Waals surface area contributed by atoms with Crippen LogP contribution in [0.5, 0.6) is 0 Å². The maximum absolute atomic E-state index is 13.1. The molecule has 1 saturated heterocycles. The lowest BCUT2D eigenvalue weighted by Gasteiger charge is -2.33. The molecule has 0 unspecified atom stereocenters. The molecular weight excluding hydrogens is 319 g/mol. The van der Waals surface area contributed by atoms with Gasteiger partial charge in [-0.05, 0) is 30.7 Å². The minimum Gasteiger partial charge on any atom is -0.339 e. The van der Waals surface area contributed by atoms with Crippen molar-refractivity contribution in [1.29, 1.82) is 0 Å². The van der Waals surface area contributed by atoms with E-state index in [0.29, 0.717) is 18.7 Å². The van der Waals surface area contributed by atoms with Crippen molar-refractivity contribution < 1.29 is 17.6 Å². The Hall–Kier alpha value is -1.18. The van der Waals surface area contributed by atoms with Crippen molar-refractivity contribution in [1.82, 2.24) is 9.21 Å². The zero-order valence-corrected chi connectivity index (χ0v) is 13.1. The Balaban J connectivity index is 2.17. The summed E-state index contributed by atoms with van der Waals surface area (Å²) in [6.45, 7) is 2.60. The molecule has 5 nitrogen and oxygen atoms in total. The lowest BCUT2D eigenvalue weighted by atomic mass is 10.2. The third-order valence-corrected chi connectivity index (χ3v) is 5.75. The molecule has 0 atom stereocenters. The van der Waals surface area contributed by atoms with Crippen LogP contribution in [0.15, 0.2) is 23.1 Å². The highest BCUT2D eigenvalue weighted by Crippen LogP contribution is 2.22. The fraction of sp³-hybridized carbons (Fsp3) is 0.462. The first-order valence-corrected chi connectivity index (χ1v) is 8.44. The summed E-state index contributed by atoms with van der Waals surface area (Å²) >= 11 is 5.48. The highest BCUT2D eigenvalue weighted by Gasteiger charge is 2.30. The Labute approximate surface area is 128 Å². The first-order chi connectivity index (χ1) is 9.86. The van der Waals surface area contributed by atoms with Gasteiger partial charge in [0, 0.05) is 26.2 Å². The number of alkyl halides is 1. The quantitative estimate of drug-likeness (QED) is 0.781. The number of carbonyl (C=O) groups excluding carboxylic acids is 1. The summed E-state index contributed by atoms with van der Waals surface area (Å²) in [5, 5.41) is 0. The summed E-state index contributed by atoms with van der Waals surface area (Å²) in [5.74, 6) is -0.778. The van der Waals surface area contributed by atoms with Crippen molar-refractivity contribution in [3.8, 4) is 0 Å². The molecule has 2 rings (SSSR count). The molecule has 0 N–H and O–H groups in total. The minimum absolute atomic E-state index is 0.0982. The number of amides is 1. The average molecular weight is 335 g/mol. The third-order valence-electron chi connectivity index (χ3n) is 3.46. The zero-order chi connectivity index (χ0) is 15.6. The van der Waals surface area contributed by atoms with Gasteiger partial charge in [-0.2, -0.15) is 4.31 Å². The highest BCUT2D eigenvalue weighted by atomic mass is 35.5. The highest BCUT2D eigenvalue weighted by molar-refractivity contribution is 7.89. The predicted octanol–water partition coefficient (Wildman–Crippen LogP) is 1.21. The molecule has 21 heavy (non-hydrogen) atoms. The largest absolute Gasteiger partial charge is 0.339 e. The van der Waals surface area contributed by atoms with Crippen LogP contribution >= 0.6 is 11.6 Å². The summed E-state index contributed by atoms with van der Waals surface area (Å²) in [6, 6.07) is 3.60. The summed E-state index contributed by atoms with van der Waals surface area (Å²) in [6.07, 6.45) is 0. The molecule has 0 aliphatic carbocycles. The van der Waals surface area contributed by atoms with E-state index < -0.39 is 15.8 Å². The second-order valence-electron chi connectivity index (χ2n) is 4.83. The number of benzene rings is 1. The monoisotopic (exact) mass is 334 g/mol. The van der Waals surface area contributed by atoms with E-state index in [1.54, 1.807) is 6.92 Å². The van der Waals surface area contributed by atoms with Gasteiger partial charge < -0.3 is 4.90 Å². The Bertz CT molecular complexity index is 643. The standard InChI is InChI=1S/C13H16ClFN2O3S/c1-10-8-11(15)2-3-12(10)21(19,20)17-6-4-16(5-7-17)13(18)9-14/h2-3,8H,4-7,9H2,1H3. The number of rotatable bonds is 3. The van der Waals surface area contributed by atoms with Crippen LogP contribution in [0.3, 0.4) is 0 Å². The molecular formula is C13H16ClFN2O3S. The van der Waals surface area contributed by atoms with Crippen LogP contribution in [0, 0.1) is 12.7 Å². The van der Waals surface area contributed by atoms with Crippen LogP contribution in [0.1, 0.15) is 5.56 Å². The van der Waals surface area contributed by atoms with Crippen LogP contribution in [0.4, 0.5) is 4.39 Å². The topological polar surface area (TPSA) is 57.7 Å². The van der Waals surface area contributed by atoms with Gasteiger partial charge in [0.05, 0.1) is 4.90 Å². The van der Waals surface area contributed by atoms with E-state index >= 15 is 0 Å². The molecule has 0 aromatic heterocycles. The molecule has 1 aromatic rings. The molecule has 1 amide bonds. The van der Waals surface area contributed by atoms with Gasteiger partial charge in [0.1, 0.15) is 11.7 Å². The number of hydrogen-bond acceptors (Lipinski definition) is 3. The third kappa shape index (κ3) is 3.36. The van der Waals surface area contributed by atoms with E-state index in [1.165, 1.54) is 21.3 Å². The van der Waals surface area contributed by atoms with E-state index in [1.807, 2.05) is 0 Å². The predicted molar refractivity (Wildman–Crippen MR) is 77.2 cm³/mol. The number of halogens is 2. The summed E-state index contributed by atoms with van der Waals surface area (Å²) in [5.41, 5.74) is 0.370. The van der Waals surface area contributed by atoms with Gasteiger partial charge in [0.25, 0.3) is 0 Å². The van der Waals surface area contributed by atoms with Crippen molar-refractivity contribution in [3.05, 3.63) is 29.6 Å². The number of carbonyl (C=O) groups is 1. The first kappa shape index (κ1) is 16.2. The molecule has 8 heteroatoms. The van der Waals surface area contributed by atoms with Gasteiger partial charge in [-0.3, -0.25) is 4.79 Å². The van der Waals surface area contributed by atoms with E-state index in [-0.39, 0.29) is 29.8 Å². The fourth-order valence-electron chi connectivity index (χ4n) is 2.30. The number of piperazine rings is 1. The number of sulfonamides is 1. The van der Waals surface area contributed by atoms with Gasteiger partial charge in [0.15, 0.2) is 0 Å². The second kappa shape index (κ2) is 6.29. The summed E-state index contributed by atoms with van der Waals surface area (Å²) in [7, 11) is -3.67. The minimum atomic E-state index is -3.67. The van der Waals surface area contributed by atoms with Crippen molar-refractivity contribution in [3.63, 3.8) is 0 Å². The molecule has 1 aliphatic heterocycles. The molecule has 116 valence electrons. The average Bonchev–Trinajstić information content (AvgIpc) is 2.46. The van der Waals surface area contributed by atoms with Gasteiger partial charge in [0.2, 0.25) is 15.9 Å². The fourth-order valence-corrected chi connectivity index (χ4v) is 4.10. The van der Waals surface area contributed by atoms with E-state index in [2.05, 4.69) is 0 Å². The van der Waals surface area contributed by atoms with Gasteiger partial charge in [-0.25, -0.2) is 12.8 Å². The molecule has 1 aromatic carbocycles. The van der Waals surface area contributed by atoms with Crippen molar-refractivity contribution in [2.24, 2.45) is 0 Å². The molecule has 0 saturated carbocycles. The second-order valence-corrected chi connectivity index (χ2v) is 7.00. The molecule has 1 heterocycles. The molecule has 1 aliphatic rings. The first-order valence-electron chi connectivity index (χ1n) is 6.46. The number of aryl methyl sites for hydroxylation is 1. The van der Waals surface area contributed by atoms with E-state index in [9.17, 15) is 17.6 Å². The van der Waals surface area contributed by atoms with Gasteiger partial charge in [-0.1, -0.05) is 0 Å². The maximum Gasteiger partial charge on any atom is 0.243 e. The normalized spacial score (nSPS) is 17.0. The molecule has 0 bridgehead atoms. The van der Waals surface area contributed by atoms with Crippen LogP contribution in [0.2, 0.25) is 0 Å². The van der Waals surface area contributed by atoms with E-state index in [4.69, 9.17) is 11.6 Å². The maximum atomic E-state index is 13.1. The van der Waals surface area contributed by atoms with Crippen molar-refractivity contribution in [2.75, 3.05) is 32.1 Å². The summed E-state index contributed by atoms with van der Waals surface area (Å²) < 4.78 is 39.5. The zero-order valence-electron chi connectivity index (χ0n) is 11.6. The van der Waals surface area contributed by atoms with Gasteiger partial charge in [-0.15, -0.1) is 11.6 Å². The number of hydrogen-bond donors (Lipinski definition) is 0. The molecule has 0 radical (unpaired) electrons. The smallest absolute Gasteiger partial charge is 0.243 e. The molecule has 0 spiro atoms.